The molecule has 2 aliphatic carbocycles. The molecular formula is C22H24O. The number of ketones is 1. The molecule has 2 aromatic rings. The third kappa shape index (κ3) is 2.43. The largest absolute Gasteiger partial charge is 0.299 e. The van der Waals surface area contributed by atoms with E-state index in [0.29, 0.717) is 5.78 Å². The summed E-state index contributed by atoms with van der Waals surface area (Å²) in [5, 5.41) is 0. The summed E-state index contributed by atoms with van der Waals surface area (Å²) in [5.41, 5.74) is 4.26. The van der Waals surface area contributed by atoms with E-state index in [9.17, 15) is 4.79 Å². The second kappa shape index (κ2) is 5.33. The molecule has 1 heteroatoms. The molecule has 0 N–H and O–H groups in total. The average Bonchev–Trinajstić information content (AvgIpc) is 3.22. The number of fused-ring (bicyclic) bond motifs is 1. The van der Waals surface area contributed by atoms with Crippen LogP contribution < -0.4 is 0 Å². The van der Waals surface area contributed by atoms with Crippen LogP contribution in [0.15, 0.2) is 54.6 Å². The quantitative estimate of drug-likeness (QED) is 0.798. The molecule has 1 spiro atoms. The van der Waals surface area contributed by atoms with Gasteiger partial charge in [-0.2, -0.15) is 0 Å². The zero-order valence-electron chi connectivity index (χ0n) is 13.8. The Morgan fingerprint density at radius 2 is 1.61 bits per heavy atom. The summed E-state index contributed by atoms with van der Waals surface area (Å²) >= 11 is 0. The lowest BCUT2D eigenvalue weighted by molar-refractivity contribution is -0.125. The average molecular weight is 304 g/mol. The van der Waals surface area contributed by atoms with Gasteiger partial charge in [0, 0.05) is 11.8 Å². The number of hydrogen-bond acceptors (Lipinski definition) is 1. The lowest BCUT2D eigenvalue weighted by Gasteiger charge is -2.21. The second-order valence-corrected chi connectivity index (χ2v) is 7.67. The SMILES string of the molecule is C[C@]1(CCc2ccccc2)C[C@]12Cc1ccccc1CCC2=O. The number of benzene rings is 2. The molecule has 1 fully saturated rings. The van der Waals surface area contributed by atoms with E-state index in [0.717, 1.165) is 38.5 Å². The van der Waals surface area contributed by atoms with Crippen LogP contribution in [0.1, 0.15) is 42.9 Å². The minimum Gasteiger partial charge on any atom is -0.299 e. The molecule has 0 heterocycles. The summed E-state index contributed by atoms with van der Waals surface area (Å²) in [6, 6.07) is 19.3. The highest BCUT2D eigenvalue weighted by Gasteiger charge is 2.67. The third-order valence-electron chi connectivity index (χ3n) is 6.30. The first-order valence-electron chi connectivity index (χ1n) is 8.77. The summed E-state index contributed by atoms with van der Waals surface area (Å²) in [7, 11) is 0. The first-order chi connectivity index (χ1) is 11.1. The lowest BCUT2D eigenvalue weighted by atomic mass is 9.82. The van der Waals surface area contributed by atoms with Crippen molar-refractivity contribution in [2.24, 2.45) is 10.8 Å². The van der Waals surface area contributed by atoms with Crippen molar-refractivity contribution in [2.75, 3.05) is 0 Å². The van der Waals surface area contributed by atoms with Gasteiger partial charge in [0.05, 0.1) is 0 Å². The molecule has 23 heavy (non-hydrogen) atoms. The van der Waals surface area contributed by atoms with Crippen LogP contribution in [0, 0.1) is 10.8 Å². The number of aryl methyl sites for hydroxylation is 2. The van der Waals surface area contributed by atoms with E-state index >= 15 is 0 Å². The molecule has 2 aromatic carbocycles. The smallest absolute Gasteiger partial charge is 0.140 e. The minimum absolute atomic E-state index is 0.0889. The van der Waals surface area contributed by atoms with Crippen LogP contribution >= 0.6 is 0 Å². The van der Waals surface area contributed by atoms with E-state index < -0.39 is 0 Å². The molecule has 1 saturated carbocycles. The fourth-order valence-electron chi connectivity index (χ4n) is 4.61. The van der Waals surface area contributed by atoms with Gasteiger partial charge in [-0.05, 0) is 54.2 Å². The molecule has 0 bridgehead atoms. The first kappa shape index (κ1) is 14.7. The van der Waals surface area contributed by atoms with Gasteiger partial charge in [-0.1, -0.05) is 61.5 Å². The molecule has 0 saturated heterocycles. The van der Waals surface area contributed by atoms with Gasteiger partial charge < -0.3 is 0 Å². The molecule has 0 unspecified atom stereocenters. The van der Waals surface area contributed by atoms with Gasteiger partial charge >= 0.3 is 0 Å². The maximum atomic E-state index is 12.9. The summed E-state index contributed by atoms with van der Waals surface area (Å²) in [5.74, 6) is 0.504. The zero-order chi connectivity index (χ0) is 15.9. The van der Waals surface area contributed by atoms with Crippen molar-refractivity contribution < 1.29 is 4.79 Å². The van der Waals surface area contributed by atoms with Crippen molar-refractivity contribution >= 4 is 5.78 Å². The minimum atomic E-state index is -0.0889. The van der Waals surface area contributed by atoms with Crippen molar-refractivity contribution in [1.29, 1.82) is 0 Å². The van der Waals surface area contributed by atoms with E-state index in [1.807, 2.05) is 0 Å². The van der Waals surface area contributed by atoms with Crippen molar-refractivity contribution in [3.05, 3.63) is 71.3 Å². The number of Topliss-reactive ketones (excluding diaryl/α,β-unsaturated/α-hetero) is 1. The number of carbonyl (C=O) groups is 1. The topological polar surface area (TPSA) is 17.1 Å². The highest BCUT2D eigenvalue weighted by molar-refractivity contribution is 5.90. The van der Waals surface area contributed by atoms with Gasteiger partial charge in [0.1, 0.15) is 5.78 Å². The number of hydrogen-bond donors (Lipinski definition) is 0. The van der Waals surface area contributed by atoms with Gasteiger partial charge in [-0.25, -0.2) is 0 Å². The zero-order valence-corrected chi connectivity index (χ0v) is 13.8. The molecular weight excluding hydrogens is 280 g/mol. The van der Waals surface area contributed by atoms with Crippen LogP contribution in [0.2, 0.25) is 0 Å². The molecule has 118 valence electrons. The Morgan fingerprint density at radius 1 is 0.913 bits per heavy atom. The Hall–Kier alpha value is -1.89. The molecule has 4 rings (SSSR count). The maximum Gasteiger partial charge on any atom is 0.140 e. The third-order valence-corrected chi connectivity index (χ3v) is 6.30. The molecule has 0 aromatic heterocycles. The van der Waals surface area contributed by atoms with Gasteiger partial charge in [0.15, 0.2) is 0 Å². The van der Waals surface area contributed by atoms with Crippen LogP contribution in [-0.2, 0) is 24.1 Å². The van der Waals surface area contributed by atoms with Crippen molar-refractivity contribution in [3.63, 3.8) is 0 Å². The second-order valence-electron chi connectivity index (χ2n) is 7.67. The van der Waals surface area contributed by atoms with E-state index in [4.69, 9.17) is 0 Å². The van der Waals surface area contributed by atoms with Gasteiger partial charge in [0.25, 0.3) is 0 Å². The molecule has 0 radical (unpaired) electrons. The lowest BCUT2D eigenvalue weighted by Crippen LogP contribution is -2.24. The van der Waals surface area contributed by atoms with Crippen molar-refractivity contribution in [2.45, 2.75) is 45.4 Å². The molecule has 2 atom stereocenters. The standard InChI is InChI=1S/C22H24O/c1-21(14-13-17-7-3-2-4-8-17)16-22(21)15-19-10-6-5-9-18(19)11-12-20(22)23/h2-10H,11-16H2,1H3/t21-,22-/m0/s1. The predicted octanol–water partition coefficient (Wildman–Crippen LogP) is 4.77. The first-order valence-corrected chi connectivity index (χ1v) is 8.77. The molecule has 1 nitrogen and oxygen atoms in total. The Labute approximate surface area is 138 Å². The highest BCUT2D eigenvalue weighted by Crippen LogP contribution is 2.69. The fraction of sp³-hybridized carbons (Fsp3) is 0.409. The highest BCUT2D eigenvalue weighted by atomic mass is 16.1. The van der Waals surface area contributed by atoms with E-state index in [1.54, 1.807) is 0 Å². The normalized spacial score (nSPS) is 29.2. The maximum absolute atomic E-state index is 12.9. The van der Waals surface area contributed by atoms with Crippen molar-refractivity contribution in [1.82, 2.24) is 0 Å². The summed E-state index contributed by atoms with van der Waals surface area (Å²) < 4.78 is 0. The summed E-state index contributed by atoms with van der Waals surface area (Å²) in [6.45, 7) is 2.34. The van der Waals surface area contributed by atoms with Gasteiger partial charge in [-0.3, -0.25) is 4.79 Å². The Morgan fingerprint density at radius 3 is 2.39 bits per heavy atom. The monoisotopic (exact) mass is 304 g/mol. The van der Waals surface area contributed by atoms with Crippen LogP contribution in [0.3, 0.4) is 0 Å². The summed E-state index contributed by atoms with van der Waals surface area (Å²) in [4.78, 5) is 12.9. The molecule has 2 aliphatic rings. The fourth-order valence-corrected chi connectivity index (χ4v) is 4.61. The van der Waals surface area contributed by atoms with Gasteiger partial charge in [0.2, 0.25) is 0 Å². The number of carbonyl (C=O) groups excluding carboxylic acids is 1. The van der Waals surface area contributed by atoms with E-state index in [-0.39, 0.29) is 10.8 Å². The number of rotatable bonds is 3. The van der Waals surface area contributed by atoms with Crippen LogP contribution in [0.5, 0.6) is 0 Å². The Balaban J connectivity index is 1.55. The predicted molar refractivity (Wildman–Crippen MR) is 93.4 cm³/mol. The van der Waals surface area contributed by atoms with E-state index in [1.165, 1.54) is 16.7 Å². The van der Waals surface area contributed by atoms with Gasteiger partial charge in [-0.15, -0.1) is 0 Å². The van der Waals surface area contributed by atoms with E-state index in [2.05, 4.69) is 61.5 Å². The molecule has 0 amide bonds. The Bertz CT molecular complexity index is 733. The Kier molecular flexibility index (Phi) is 3.41. The summed E-state index contributed by atoms with van der Waals surface area (Å²) in [6.07, 6.45) is 5.86. The van der Waals surface area contributed by atoms with Crippen molar-refractivity contribution in [3.8, 4) is 0 Å². The van der Waals surface area contributed by atoms with Crippen LogP contribution in [-0.4, -0.2) is 5.78 Å². The molecule has 0 aliphatic heterocycles. The van der Waals surface area contributed by atoms with Crippen LogP contribution in [0.25, 0.3) is 0 Å². The van der Waals surface area contributed by atoms with Crippen LogP contribution in [0.4, 0.5) is 0 Å².